The molecule has 5 heteroatoms. The molecular formula is C25H24N2O2S. The van der Waals surface area contributed by atoms with Crippen LogP contribution in [0.3, 0.4) is 0 Å². The van der Waals surface area contributed by atoms with Crippen LogP contribution >= 0.6 is 11.8 Å². The molecule has 0 spiro atoms. The molecule has 1 amide bonds. The molecule has 3 aromatic carbocycles. The zero-order valence-corrected chi connectivity index (χ0v) is 17.6. The van der Waals surface area contributed by atoms with Crippen LogP contribution in [0.1, 0.15) is 16.4 Å². The Morgan fingerprint density at radius 1 is 1.03 bits per heavy atom. The summed E-state index contributed by atoms with van der Waals surface area (Å²) in [6, 6.07) is 25.9. The van der Waals surface area contributed by atoms with E-state index in [-0.39, 0.29) is 11.2 Å². The summed E-state index contributed by atoms with van der Waals surface area (Å²) in [5.74, 6) is 0.850. The molecule has 0 aliphatic carbocycles. The van der Waals surface area contributed by atoms with Crippen LogP contribution in [0.15, 0.2) is 90.0 Å². The van der Waals surface area contributed by atoms with Gasteiger partial charge in [-0.3, -0.25) is 4.79 Å². The van der Waals surface area contributed by atoms with Gasteiger partial charge in [-0.2, -0.15) is 0 Å². The quantitative estimate of drug-likeness (QED) is 0.380. The fraction of sp³-hybridized carbons (Fsp3) is 0.160. The molecule has 152 valence electrons. The highest BCUT2D eigenvalue weighted by atomic mass is 32.2. The Hall–Kier alpha value is -3.18. The highest BCUT2D eigenvalue weighted by Gasteiger charge is 2.21. The third-order valence-electron chi connectivity index (χ3n) is 5.01. The molecule has 0 aliphatic heterocycles. The number of fused-ring (bicyclic) bond motifs is 1. The Morgan fingerprint density at radius 3 is 2.50 bits per heavy atom. The fourth-order valence-electron chi connectivity index (χ4n) is 3.44. The summed E-state index contributed by atoms with van der Waals surface area (Å²) in [6.45, 7) is 0.571. The van der Waals surface area contributed by atoms with Crippen molar-refractivity contribution >= 4 is 28.6 Å². The van der Waals surface area contributed by atoms with Crippen molar-refractivity contribution in [3.8, 4) is 5.75 Å². The first-order chi connectivity index (χ1) is 14.7. The number of aromatic amines is 1. The van der Waals surface area contributed by atoms with Crippen molar-refractivity contribution < 1.29 is 9.53 Å². The van der Waals surface area contributed by atoms with E-state index in [9.17, 15) is 4.79 Å². The number of carbonyl (C=O) groups is 1. The number of carbonyl (C=O) groups excluding carboxylic acids is 1. The average Bonchev–Trinajstić information content (AvgIpc) is 3.20. The summed E-state index contributed by atoms with van der Waals surface area (Å²) < 4.78 is 5.34. The van der Waals surface area contributed by atoms with E-state index in [0.29, 0.717) is 6.54 Å². The van der Waals surface area contributed by atoms with Gasteiger partial charge < -0.3 is 15.0 Å². The molecule has 30 heavy (non-hydrogen) atoms. The molecule has 4 nitrogen and oxygen atoms in total. The molecule has 0 fully saturated rings. The lowest BCUT2D eigenvalue weighted by Gasteiger charge is -2.17. The summed E-state index contributed by atoms with van der Waals surface area (Å²) in [4.78, 5) is 17.4. The molecular weight excluding hydrogens is 392 g/mol. The van der Waals surface area contributed by atoms with Crippen molar-refractivity contribution in [2.45, 2.75) is 16.6 Å². The lowest BCUT2D eigenvalue weighted by molar-refractivity contribution is -0.120. The predicted molar refractivity (Wildman–Crippen MR) is 123 cm³/mol. The second-order valence-corrected chi connectivity index (χ2v) is 8.17. The molecule has 1 atom stereocenters. The molecule has 0 saturated carbocycles. The van der Waals surface area contributed by atoms with E-state index in [0.717, 1.165) is 39.1 Å². The highest BCUT2D eigenvalue weighted by molar-refractivity contribution is 8.00. The van der Waals surface area contributed by atoms with Crippen molar-refractivity contribution in [1.82, 2.24) is 10.3 Å². The first-order valence-corrected chi connectivity index (χ1v) is 10.8. The Bertz CT molecular complexity index is 1110. The SMILES string of the molecule is COc1ccc2[nH]cc(CCNC(=O)[C@@H](Sc3ccccc3)c3ccccc3)c2c1. The highest BCUT2D eigenvalue weighted by Crippen LogP contribution is 2.35. The minimum atomic E-state index is -0.295. The smallest absolute Gasteiger partial charge is 0.238 e. The van der Waals surface area contributed by atoms with E-state index in [4.69, 9.17) is 4.74 Å². The van der Waals surface area contributed by atoms with Gasteiger partial charge in [-0.25, -0.2) is 0 Å². The van der Waals surface area contributed by atoms with Crippen LogP contribution in [-0.4, -0.2) is 24.5 Å². The summed E-state index contributed by atoms with van der Waals surface area (Å²) in [5.41, 5.74) is 3.23. The molecule has 0 radical (unpaired) electrons. The monoisotopic (exact) mass is 416 g/mol. The number of hydrogen-bond acceptors (Lipinski definition) is 3. The number of benzene rings is 3. The van der Waals surface area contributed by atoms with Crippen LogP contribution in [0.5, 0.6) is 5.75 Å². The Labute approximate surface area is 180 Å². The van der Waals surface area contributed by atoms with Gasteiger partial charge in [-0.1, -0.05) is 48.5 Å². The van der Waals surface area contributed by atoms with Crippen molar-refractivity contribution in [3.05, 3.63) is 96.2 Å². The zero-order valence-electron chi connectivity index (χ0n) is 16.8. The molecule has 0 saturated heterocycles. The Morgan fingerprint density at radius 2 is 1.77 bits per heavy atom. The second kappa shape index (κ2) is 9.55. The van der Waals surface area contributed by atoms with Gasteiger partial charge in [-0.05, 0) is 47.9 Å². The molecule has 1 aromatic heterocycles. The molecule has 2 N–H and O–H groups in total. The Kier molecular flexibility index (Phi) is 6.40. The van der Waals surface area contributed by atoms with Crippen LogP contribution in [0.25, 0.3) is 10.9 Å². The van der Waals surface area contributed by atoms with Gasteiger partial charge in [0.05, 0.1) is 7.11 Å². The van der Waals surface area contributed by atoms with Gasteiger partial charge in [0.15, 0.2) is 0 Å². The van der Waals surface area contributed by atoms with E-state index in [1.165, 1.54) is 0 Å². The number of thioether (sulfide) groups is 1. The maximum atomic E-state index is 13.1. The van der Waals surface area contributed by atoms with Crippen molar-refractivity contribution in [3.63, 3.8) is 0 Å². The van der Waals surface area contributed by atoms with Crippen LogP contribution in [0.2, 0.25) is 0 Å². The van der Waals surface area contributed by atoms with Crippen molar-refractivity contribution in [1.29, 1.82) is 0 Å². The van der Waals surface area contributed by atoms with Crippen molar-refractivity contribution in [2.24, 2.45) is 0 Å². The van der Waals surface area contributed by atoms with Crippen LogP contribution in [0.4, 0.5) is 0 Å². The van der Waals surface area contributed by atoms with E-state index in [1.807, 2.05) is 85.1 Å². The first kappa shape index (κ1) is 20.1. The molecule has 1 heterocycles. The number of methoxy groups -OCH3 is 1. The number of H-pyrrole nitrogens is 1. The maximum Gasteiger partial charge on any atom is 0.238 e. The van der Waals surface area contributed by atoms with Crippen LogP contribution in [0, 0.1) is 0 Å². The Balaban J connectivity index is 1.45. The number of rotatable bonds is 8. The van der Waals surface area contributed by atoms with Gasteiger partial charge in [-0.15, -0.1) is 11.8 Å². The number of ether oxygens (including phenoxy) is 1. The topological polar surface area (TPSA) is 54.1 Å². The van der Waals surface area contributed by atoms with E-state index < -0.39 is 0 Å². The number of hydrogen-bond donors (Lipinski definition) is 2. The minimum Gasteiger partial charge on any atom is -0.497 e. The second-order valence-electron chi connectivity index (χ2n) is 6.99. The van der Waals surface area contributed by atoms with Crippen LogP contribution in [-0.2, 0) is 11.2 Å². The summed E-state index contributed by atoms with van der Waals surface area (Å²) in [6.07, 6.45) is 2.75. The van der Waals surface area contributed by atoms with E-state index >= 15 is 0 Å². The number of nitrogens with one attached hydrogen (secondary N) is 2. The minimum absolute atomic E-state index is 0.0208. The lowest BCUT2D eigenvalue weighted by Crippen LogP contribution is -2.29. The molecule has 4 rings (SSSR count). The third-order valence-corrected chi connectivity index (χ3v) is 6.27. The van der Waals surface area contributed by atoms with E-state index in [2.05, 4.69) is 10.3 Å². The van der Waals surface area contributed by atoms with Crippen LogP contribution < -0.4 is 10.1 Å². The van der Waals surface area contributed by atoms with E-state index in [1.54, 1.807) is 18.9 Å². The average molecular weight is 417 g/mol. The maximum absolute atomic E-state index is 13.1. The molecule has 4 aromatic rings. The van der Waals surface area contributed by atoms with Gasteiger partial charge in [0, 0.05) is 28.5 Å². The normalized spacial score (nSPS) is 11.9. The first-order valence-electron chi connectivity index (χ1n) is 9.93. The summed E-state index contributed by atoms with van der Waals surface area (Å²) in [5, 5.41) is 3.96. The zero-order chi connectivity index (χ0) is 20.8. The third kappa shape index (κ3) is 4.69. The van der Waals surface area contributed by atoms with Gasteiger partial charge in [0.1, 0.15) is 11.0 Å². The van der Waals surface area contributed by atoms with Gasteiger partial charge in [0.2, 0.25) is 5.91 Å². The molecule has 0 unspecified atom stereocenters. The predicted octanol–water partition coefficient (Wildman–Crippen LogP) is 5.37. The summed E-state index contributed by atoms with van der Waals surface area (Å²) >= 11 is 1.57. The molecule has 0 bridgehead atoms. The standard InChI is InChI=1S/C25H24N2O2S/c1-29-20-12-13-23-22(16-20)19(17-27-23)14-15-26-25(28)24(18-8-4-2-5-9-18)30-21-10-6-3-7-11-21/h2-13,16-17,24,27H,14-15H2,1H3,(H,26,28)/t24-/m0/s1. The molecule has 0 aliphatic rings. The lowest BCUT2D eigenvalue weighted by atomic mass is 10.1. The summed E-state index contributed by atoms with van der Waals surface area (Å²) in [7, 11) is 1.67. The number of amides is 1. The van der Waals surface area contributed by atoms with Gasteiger partial charge >= 0.3 is 0 Å². The number of aromatic nitrogens is 1. The fourth-order valence-corrected chi connectivity index (χ4v) is 4.51. The van der Waals surface area contributed by atoms with Gasteiger partial charge in [0.25, 0.3) is 0 Å². The largest absolute Gasteiger partial charge is 0.497 e. The van der Waals surface area contributed by atoms with Crippen molar-refractivity contribution in [2.75, 3.05) is 13.7 Å².